The van der Waals surface area contributed by atoms with Gasteiger partial charge in [-0.15, -0.1) is 0 Å². The molecule has 1 aromatic carbocycles. The molecule has 0 bridgehead atoms. The second-order valence-electron chi connectivity index (χ2n) is 7.01. The summed E-state index contributed by atoms with van der Waals surface area (Å²) >= 11 is 0. The van der Waals surface area contributed by atoms with E-state index >= 15 is 0 Å². The molecule has 0 saturated carbocycles. The van der Waals surface area contributed by atoms with E-state index in [9.17, 15) is 4.79 Å². The highest BCUT2D eigenvalue weighted by Crippen LogP contribution is 2.46. The lowest BCUT2D eigenvalue weighted by Gasteiger charge is -2.42. The fraction of sp³-hybridized carbons (Fsp3) is 0.562. The summed E-state index contributed by atoms with van der Waals surface area (Å²) in [7, 11) is 0. The fourth-order valence-electron chi connectivity index (χ4n) is 3.29. The van der Waals surface area contributed by atoms with Gasteiger partial charge >= 0.3 is 0 Å². The van der Waals surface area contributed by atoms with Crippen LogP contribution in [0.2, 0.25) is 0 Å². The van der Waals surface area contributed by atoms with Crippen LogP contribution in [0.3, 0.4) is 0 Å². The molecule has 96 valence electrons. The number of benzene rings is 1. The van der Waals surface area contributed by atoms with E-state index in [4.69, 9.17) is 0 Å². The van der Waals surface area contributed by atoms with Crippen molar-refractivity contribution in [3.8, 4) is 0 Å². The van der Waals surface area contributed by atoms with Crippen molar-refractivity contribution < 1.29 is 4.79 Å². The Labute approximate surface area is 109 Å². The molecule has 0 aromatic heterocycles. The lowest BCUT2D eigenvalue weighted by molar-refractivity contribution is 0.0965. The van der Waals surface area contributed by atoms with Gasteiger partial charge in [0.05, 0.1) is 0 Å². The van der Waals surface area contributed by atoms with Gasteiger partial charge in [-0.25, -0.2) is 0 Å². The summed E-state index contributed by atoms with van der Waals surface area (Å²) in [5, 5.41) is 2.92. The number of carbonyl (C=O) groups is 1. The van der Waals surface area contributed by atoms with Gasteiger partial charge in [-0.05, 0) is 46.4 Å². The van der Waals surface area contributed by atoms with Crippen LogP contribution in [0, 0.1) is 0 Å². The number of fused-ring (bicyclic) bond motifs is 2. The summed E-state index contributed by atoms with van der Waals surface area (Å²) < 4.78 is 0. The van der Waals surface area contributed by atoms with Crippen LogP contribution < -0.4 is 5.32 Å². The van der Waals surface area contributed by atoms with Crippen LogP contribution in [0.1, 0.15) is 67.6 Å². The first-order valence-electron chi connectivity index (χ1n) is 6.77. The van der Waals surface area contributed by atoms with E-state index in [0.29, 0.717) is 6.54 Å². The van der Waals surface area contributed by atoms with Crippen LogP contribution in [0.25, 0.3) is 0 Å². The smallest absolute Gasteiger partial charge is 0.251 e. The molecule has 1 amide bonds. The Hall–Kier alpha value is -1.31. The van der Waals surface area contributed by atoms with E-state index in [-0.39, 0.29) is 16.7 Å². The zero-order valence-corrected chi connectivity index (χ0v) is 11.7. The first kappa shape index (κ1) is 11.8. The number of carbonyl (C=O) groups excluding carboxylic acids is 1. The second-order valence-corrected chi connectivity index (χ2v) is 7.01. The zero-order chi connectivity index (χ0) is 13.1. The molecular formula is C16H21NO. The van der Waals surface area contributed by atoms with Gasteiger partial charge in [0, 0.05) is 12.1 Å². The maximum atomic E-state index is 11.8. The van der Waals surface area contributed by atoms with Gasteiger partial charge < -0.3 is 5.32 Å². The minimum atomic E-state index is 0.0898. The average molecular weight is 243 g/mol. The Kier molecular flexibility index (Phi) is 2.20. The van der Waals surface area contributed by atoms with Crippen LogP contribution in [0.5, 0.6) is 0 Å². The highest BCUT2D eigenvalue weighted by atomic mass is 16.1. The van der Waals surface area contributed by atoms with Crippen molar-refractivity contribution in [1.29, 1.82) is 0 Å². The maximum Gasteiger partial charge on any atom is 0.251 e. The normalized spacial score (nSPS) is 23.2. The lowest BCUT2D eigenvalue weighted by Crippen LogP contribution is -2.34. The second kappa shape index (κ2) is 3.37. The number of amides is 1. The molecule has 3 rings (SSSR count). The van der Waals surface area contributed by atoms with Gasteiger partial charge in [0.2, 0.25) is 0 Å². The van der Waals surface area contributed by atoms with Crippen molar-refractivity contribution in [2.45, 2.75) is 57.9 Å². The summed E-state index contributed by atoms with van der Waals surface area (Å²) in [6.45, 7) is 9.91. The van der Waals surface area contributed by atoms with Crippen molar-refractivity contribution in [3.05, 3.63) is 34.4 Å². The number of nitrogens with one attached hydrogen (secondary N) is 1. The summed E-state index contributed by atoms with van der Waals surface area (Å²) in [5.74, 6) is 0.0898. The van der Waals surface area contributed by atoms with Crippen molar-refractivity contribution in [2.24, 2.45) is 0 Å². The van der Waals surface area contributed by atoms with Crippen LogP contribution in [-0.2, 0) is 17.4 Å². The molecule has 0 fully saturated rings. The lowest BCUT2D eigenvalue weighted by atomic mass is 9.62. The van der Waals surface area contributed by atoms with Gasteiger partial charge in [0.1, 0.15) is 0 Å². The fourth-order valence-corrected chi connectivity index (χ4v) is 3.29. The molecule has 18 heavy (non-hydrogen) atoms. The molecule has 0 unspecified atom stereocenters. The first-order chi connectivity index (χ1) is 8.31. The van der Waals surface area contributed by atoms with Crippen LogP contribution in [0.4, 0.5) is 0 Å². The predicted molar refractivity (Wildman–Crippen MR) is 72.9 cm³/mol. The van der Waals surface area contributed by atoms with Crippen LogP contribution in [-0.4, -0.2) is 5.91 Å². The predicted octanol–water partition coefficient (Wildman–Crippen LogP) is 3.28. The van der Waals surface area contributed by atoms with E-state index in [0.717, 1.165) is 5.56 Å². The Morgan fingerprint density at radius 3 is 2.17 bits per heavy atom. The van der Waals surface area contributed by atoms with Crippen molar-refractivity contribution in [3.63, 3.8) is 0 Å². The molecular weight excluding hydrogens is 222 g/mol. The summed E-state index contributed by atoms with van der Waals surface area (Å²) in [6.07, 6.45) is 2.40. The van der Waals surface area contributed by atoms with E-state index in [1.165, 1.54) is 29.5 Å². The third-order valence-electron chi connectivity index (χ3n) is 4.76. The largest absolute Gasteiger partial charge is 0.348 e. The van der Waals surface area contributed by atoms with Gasteiger partial charge in [-0.2, -0.15) is 0 Å². The molecule has 0 radical (unpaired) electrons. The van der Waals surface area contributed by atoms with Crippen molar-refractivity contribution in [1.82, 2.24) is 5.32 Å². The minimum Gasteiger partial charge on any atom is -0.348 e. The third-order valence-corrected chi connectivity index (χ3v) is 4.76. The molecule has 0 atom stereocenters. The first-order valence-corrected chi connectivity index (χ1v) is 6.77. The molecule has 2 nitrogen and oxygen atoms in total. The number of hydrogen-bond acceptors (Lipinski definition) is 1. The Morgan fingerprint density at radius 2 is 1.56 bits per heavy atom. The molecule has 2 aliphatic rings. The third kappa shape index (κ3) is 1.51. The monoisotopic (exact) mass is 243 g/mol. The number of rotatable bonds is 0. The van der Waals surface area contributed by atoms with Gasteiger partial charge in [-0.3, -0.25) is 4.79 Å². The number of hydrogen-bond donors (Lipinski definition) is 1. The van der Waals surface area contributed by atoms with E-state index in [2.05, 4.69) is 45.1 Å². The molecule has 0 saturated heterocycles. The topological polar surface area (TPSA) is 29.1 Å². The summed E-state index contributed by atoms with van der Waals surface area (Å²) in [5.41, 5.74) is 5.28. The van der Waals surface area contributed by atoms with Crippen molar-refractivity contribution >= 4 is 5.91 Å². The Balaban J connectivity index is 2.27. The maximum absolute atomic E-state index is 11.8. The molecule has 1 aliphatic carbocycles. The molecule has 2 heteroatoms. The molecule has 1 N–H and O–H groups in total. The van der Waals surface area contributed by atoms with E-state index in [1.54, 1.807) is 0 Å². The van der Waals surface area contributed by atoms with Crippen molar-refractivity contribution in [2.75, 3.05) is 0 Å². The van der Waals surface area contributed by atoms with Gasteiger partial charge in [-0.1, -0.05) is 33.8 Å². The molecule has 1 heterocycles. The standard InChI is InChI=1S/C16H21NO/c1-15(2)5-6-16(3,4)13-8-11-10(7-12(13)15)9-17-14(11)18/h7-8H,5-6,9H2,1-4H3,(H,17,18). The van der Waals surface area contributed by atoms with Crippen LogP contribution in [0.15, 0.2) is 12.1 Å². The average Bonchev–Trinajstić information content (AvgIpc) is 2.66. The zero-order valence-electron chi connectivity index (χ0n) is 11.7. The highest BCUT2D eigenvalue weighted by Gasteiger charge is 2.38. The molecule has 0 spiro atoms. The minimum absolute atomic E-state index is 0.0898. The summed E-state index contributed by atoms with van der Waals surface area (Å²) in [6, 6.07) is 4.41. The van der Waals surface area contributed by atoms with E-state index in [1.807, 2.05) is 0 Å². The van der Waals surface area contributed by atoms with E-state index < -0.39 is 0 Å². The van der Waals surface area contributed by atoms with Gasteiger partial charge in [0.25, 0.3) is 5.91 Å². The Bertz CT molecular complexity index is 540. The molecule has 1 aromatic rings. The summed E-state index contributed by atoms with van der Waals surface area (Å²) in [4.78, 5) is 11.8. The van der Waals surface area contributed by atoms with Gasteiger partial charge in [0.15, 0.2) is 0 Å². The van der Waals surface area contributed by atoms with Crippen LogP contribution >= 0.6 is 0 Å². The molecule has 1 aliphatic heterocycles. The highest BCUT2D eigenvalue weighted by molar-refractivity contribution is 5.98. The quantitative estimate of drug-likeness (QED) is 0.744. The SMILES string of the molecule is CC1(C)CCC(C)(C)c2cc3c(cc21)CNC3=O. The Morgan fingerprint density at radius 1 is 1.00 bits per heavy atom.